The second-order valence-electron chi connectivity index (χ2n) is 4.58. The van der Waals surface area contributed by atoms with E-state index in [1.165, 1.54) is 0 Å². The Kier molecular flexibility index (Phi) is 4.95. The van der Waals surface area contributed by atoms with Crippen LogP contribution in [0.1, 0.15) is 12.5 Å². The van der Waals surface area contributed by atoms with Crippen LogP contribution in [0.15, 0.2) is 54.3 Å². The average Bonchev–Trinajstić information content (AvgIpc) is 2.49. The maximum absolute atomic E-state index is 6.01. The molecule has 0 radical (unpaired) electrons. The second-order valence-corrected chi connectivity index (χ2v) is 4.58. The number of benzene rings is 1. The minimum absolute atomic E-state index is 0.365. The molecule has 0 fully saturated rings. The molecule has 108 valence electrons. The zero-order chi connectivity index (χ0) is 14.4. The second kappa shape index (κ2) is 6.70. The highest BCUT2D eigenvalue weighted by Crippen LogP contribution is 2.29. The van der Waals surface area contributed by atoms with Crippen LogP contribution in [0.5, 0.6) is 0 Å². The van der Waals surface area contributed by atoms with Crippen molar-refractivity contribution < 1.29 is 14.2 Å². The van der Waals surface area contributed by atoms with Gasteiger partial charge < -0.3 is 19.9 Å². The van der Waals surface area contributed by atoms with Crippen molar-refractivity contribution in [3.05, 3.63) is 59.8 Å². The van der Waals surface area contributed by atoms with Crippen molar-refractivity contribution in [2.24, 2.45) is 5.73 Å². The van der Waals surface area contributed by atoms with Gasteiger partial charge in [-0.2, -0.15) is 0 Å². The summed E-state index contributed by atoms with van der Waals surface area (Å²) in [6.07, 6.45) is 5.05. The summed E-state index contributed by atoms with van der Waals surface area (Å²) in [4.78, 5) is 0. The monoisotopic (exact) mass is 275 g/mol. The predicted octanol–water partition coefficient (Wildman–Crippen LogP) is 2.36. The van der Waals surface area contributed by atoms with E-state index in [9.17, 15) is 0 Å². The largest absolute Gasteiger partial charge is 0.399 e. The number of methoxy groups -OCH3 is 1. The molecule has 1 aliphatic rings. The topological polar surface area (TPSA) is 53.7 Å². The highest BCUT2D eigenvalue weighted by Gasteiger charge is 2.40. The predicted molar refractivity (Wildman–Crippen MR) is 77.8 cm³/mol. The first kappa shape index (κ1) is 14.8. The van der Waals surface area contributed by atoms with Crippen LogP contribution in [-0.4, -0.2) is 25.6 Å². The molecule has 0 heterocycles. The van der Waals surface area contributed by atoms with Crippen molar-refractivity contribution >= 4 is 0 Å². The smallest absolute Gasteiger partial charge is 0.219 e. The Morgan fingerprint density at radius 2 is 1.95 bits per heavy atom. The molecule has 20 heavy (non-hydrogen) atoms. The fourth-order valence-corrected chi connectivity index (χ4v) is 2.18. The maximum atomic E-state index is 6.01. The summed E-state index contributed by atoms with van der Waals surface area (Å²) < 4.78 is 17.3. The molecule has 0 spiro atoms. The van der Waals surface area contributed by atoms with E-state index in [4.69, 9.17) is 19.9 Å². The van der Waals surface area contributed by atoms with Gasteiger partial charge in [-0.25, -0.2) is 0 Å². The normalized spacial score (nSPS) is 25.5. The van der Waals surface area contributed by atoms with E-state index in [0.717, 1.165) is 5.56 Å². The van der Waals surface area contributed by atoms with Gasteiger partial charge in [0, 0.05) is 19.4 Å². The average molecular weight is 275 g/mol. The van der Waals surface area contributed by atoms with Gasteiger partial charge in [-0.15, -0.1) is 0 Å². The van der Waals surface area contributed by atoms with Crippen LogP contribution in [0.3, 0.4) is 0 Å². The fraction of sp³-hybridized carbons (Fsp3) is 0.375. The quantitative estimate of drug-likeness (QED) is 0.810. The third-order valence-electron chi connectivity index (χ3n) is 3.18. The van der Waals surface area contributed by atoms with Gasteiger partial charge in [0.1, 0.15) is 6.10 Å². The van der Waals surface area contributed by atoms with Crippen LogP contribution in [0, 0.1) is 0 Å². The van der Waals surface area contributed by atoms with Crippen LogP contribution < -0.4 is 5.73 Å². The Balaban J connectivity index is 2.15. The SMILES string of the molecule is CCOC1(OCc2ccccc2)C=CC(N)=CC1OC. The molecule has 2 unspecified atom stereocenters. The first-order chi connectivity index (χ1) is 9.70. The molecule has 1 aromatic rings. The Morgan fingerprint density at radius 1 is 1.20 bits per heavy atom. The lowest BCUT2D eigenvalue weighted by atomic mass is 10.0. The number of ether oxygens (including phenoxy) is 3. The molecule has 0 amide bonds. The Hall–Kier alpha value is -1.62. The van der Waals surface area contributed by atoms with Crippen molar-refractivity contribution in [1.29, 1.82) is 0 Å². The van der Waals surface area contributed by atoms with Crippen LogP contribution >= 0.6 is 0 Å². The Labute approximate surface area is 119 Å². The zero-order valence-corrected chi connectivity index (χ0v) is 11.9. The molecule has 2 N–H and O–H groups in total. The molecule has 0 saturated heterocycles. The first-order valence-electron chi connectivity index (χ1n) is 6.71. The third-order valence-corrected chi connectivity index (χ3v) is 3.18. The van der Waals surface area contributed by atoms with Gasteiger partial charge in [0.15, 0.2) is 0 Å². The summed E-state index contributed by atoms with van der Waals surface area (Å²) in [5, 5.41) is 0. The molecule has 0 saturated carbocycles. The molecule has 0 aromatic heterocycles. The molecule has 2 atom stereocenters. The van der Waals surface area contributed by atoms with E-state index in [1.54, 1.807) is 19.3 Å². The fourth-order valence-electron chi connectivity index (χ4n) is 2.18. The zero-order valence-electron chi connectivity index (χ0n) is 11.9. The lowest BCUT2D eigenvalue weighted by Gasteiger charge is -2.37. The standard InChI is InChI=1S/C16H21NO3/c1-3-19-16(10-9-14(17)11-15(16)18-2)20-12-13-7-5-4-6-8-13/h4-11,15H,3,12,17H2,1-2H3. The molecule has 4 heteroatoms. The van der Waals surface area contributed by atoms with Gasteiger partial charge in [-0.3, -0.25) is 0 Å². The van der Waals surface area contributed by atoms with Crippen LogP contribution in [0.2, 0.25) is 0 Å². The van der Waals surface area contributed by atoms with Gasteiger partial charge in [0.25, 0.3) is 0 Å². The van der Waals surface area contributed by atoms with E-state index in [1.807, 2.05) is 43.3 Å². The van der Waals surface area contributed by atoms with Crippen LogP contribution in [-0.2, 0) is 20.8 Å². The van der Waals surface area contributed by atoms with Gasteiger partial charge >= 0.3 is 0 Å². The summed E-state index contributed by atoms with van der Waals surface area (Å²) in [5.41, 5.74) is 7.54. The molecule has 4 nitrogen and oxygen atoms in total. The summed E-state index contributed by atoms with van der Waals surface area (Å²) >= 11 is 0. The third kappa shape index (κ3) is 3.28. The molecule has 2 rings (SSSR count). The van der Waals surface area contributed by atoms with Crippen molar-refractivity contribution in [2.75, 3.05) is 13.7 Å². The van der Waals surface area contributed by atoms with E-state index in [2.05, 4.69) is 0 Å². The minimum Gasteiger partial charge on any atom is -0.399 e. The summed E-state index contributed by atoms with van der Waals surface area (Å²) in [5.74, 6) is -0.928. The number of rotatable bonds is 6. The first-order valence-corrected chi connectivity index (χ1v) is 6.71. The molecular formula is C16H21NO3. The van der Waals surface area contributed by atoms with E-state index in [0.29, 0.717) is 18.9 Å². The number of hydrogen-bond donors (Lipinski definition) is 1. The van der Waals surface area contributed by atoms with E-state index < -0.39 is 5.79 Å². The van der Waals surface area contributed by atoms with Crippen molar-refractivity contribution in [2.45, 2.75) is 25.4 Å². The molecule has 1 aromatic carbocycles. The Morgan fingerprint density at radius 3 is 2.60 bits per heavy atom. The molecular weight excluding hydrogens is 254 g/mol. The summed E-state index contributed by atoms with van der Waals surface area (Å²) in [6.45, 7) is 2.89. The highest BCUT2D eigenvalue weighted by molar-refractivity contribution is 5.28. The van der Waals surface area contributed by atoms with Crippen molar-refractivity contribution in [3.63, 3.8) is 0 Å². The lowest BCUT2D eigenvalue weighted by Crippen LogP contribution is -2.47. The summed E-state index contributed by atoms with van der Waals surface area (Å²) in [7, 11) is 1.62. The van der Waals surface area contributed by atoms with Gasteiger partial charge in [0.2, 0.25) is 5.79 Å². The van der Waals surface area contributed by atoms with E-state index >= 15 is 0 Å². The van der Waals surface area contributed by atoms with Crippen molar-refractivity contribution in [1.82, 2.24) is 0 Å². The Bertz CT molecular complexity index is 484. The van der Waals surface area contributed by atoms with Crippen LogP contribution in [0.25, 0.3) is 0 Å². The highest BCUT2D eigenvalue weighted by atomic mass is 16.7. The summed E-state index contributed by atoms with van der Waals surface area (Å²) in [6, 6.07) is 9.96. The maximum Gasteiger partial charge on any atom is 0.219 e. The number of nitrogens with two attached hydrogens (primary N) is 1. The number of hydrogen-bond acceptors (Lipinski definition) is 4. The molecule has 1 aliphatic carbocycles. The van der Waals surface area contributed by atoms with Gasteiger partial charge in [-0.05, 0) is 30.7 Å². The van der Waals surface area contributed by atoms with E-state index in [-0.39, 0.29) is 6.10 Å². The number of allylic oxidation sites excluding steroid dienone is 1. The lowest BCUT2D eigenvalue weighted by molar-refractivity contribution is -0.252. The van der Waals surface area contributed by atoms with Gasteiger partial charge in [-0.1, -0.05) is 30.3 Å². The van der Waals surface area contributed by atoms with Gasteiger partial charge in [0.05, 0.1) is 6.61 Å². The molecule has 0 aliphatic heterocycles. The minimum atomic E-state index is -0.928. The molecule has 0 bridgehead atoms. The van der Waals surface area contributed by atoms with Crippen LogP contribution in [0.4, 0.5) is 0 Å². The van der Waals surface area contributed by atoms with Crippen molar-refractivity contribution in [3.8, 4) is 0 Å².